The van der Waals surface area contributed by atoms with Gasteiger partial charge in [0.1, 0.15) is 0 Å². The number of carbonyl (C=O) groups excluding carboxylic acids is 1. The zero-order valence-electron chi connectivity index (χ0n) is 11.8. The van der Waals surface area contributed by atoms with Crippen LogP contribution in [0.1, 0.15) is 59.8 Å². The minimum Gasteiger partial charge on any atom is -0.462 e. The molecule has 0 heterocycles. The highest BCUT2D eigenvalue weighted by Crippen LogP contribution is 2.49. The molecule has 0 aromatic rings. The standard InChI is InChI=1S/C15H26O2/c1-12(2)13(16)17-11-15(14(3,4)5)9-7-6-8-10-15/h1,6-11H2,2-5H3. The van der Waals surface area contributed by atoms with Crippen molar-refractivity contribution in [2.45, 2.75) is 59.8 Å². The summed E-state index contributed by atoms with van der Waals surface area (Å²) < 4.78 is 5.43. The van der Waals surface area contributed by atoms with Gasteiger partial charge in [-0.05, 0) is 25.2 Å². The third-order valence-electron chi connectivity index (χ3n) is 4.23. The summed E-state index contributed by atoms with van der Waals surface area (Å²) in [5.74, 6) is -0.251. The van der Waals surface area contributed by atoms with Gasteiger partial charge in [-0.15, -0.1) is 0 Å². The van der Waals surface area contributed by atoms with Crippen LogP contribution in [0.3, 0.4) is 0 Å². The molecular formula is C15H26O2. The van der Waals surface area contributed by atoms with E-state index in [2.05, 4.69) is 27.4 Å². The summed E-state index contributed by atoms with van der Waals surface area (Å²) in [6.07, 6.45) is 6.15. The molecule has 0 spiro atoms. The molecule has 0 unspecified atom stereocenters. The van der Waals surface area contributed by atoms with E-state index in [1.165, 1.54) is 32.1 Å². The van der Waals surface area contributed by atoms with Gasteiger partial charge >= 0.3 is 5.97 Å². The first-order valence-corrected chi connectivity index (χ1v) is 6.61. The fourth-order valence-electron chi connectivity index (χ4n) is 2.67. The number of esters is 1. The zero-order valence-corrected chi connectivity index (χ0v) is 11.8. The molecule has 98 valence electrons. The number of carbonyl (C=O) groups is 1. The second-order valence-electron chi connectivity index (χ2n) is 6.45. The maximum absolute atomic E-state index is 11.5. The molecule has 0 atom stereocenters. The van der Waals surface area contributed by atoms with E-state index in [0.29, 0.717) is 12.2 Å². The second-order valence-corrected chi connectivity index (χ2v) is 6.45. The Balaban J connectivity index is 2.71. The first-order valence-electron chi connectivity index (χ1n) is 6.61. The maximum Gasteiger partial charge on any atom is 0.333 e. The summed E-state index contributed by atoms with van der Waals surface area (Å²) in [7, 11) is 0. The van der Waals surface area contributed by atoms with Gasteiger partial charge < -0.3 is 4.74 Å². The maximum atomic E-state index is 11.5. The van der Waals surface area contributed by atoms with Gasteiger partial charge in [0.15, 0.2) is 0 Å². The van der Waals surface area contributed by atoms with Crippen LogP contribution in [0, 0.1) is 10.8 Å². The molecule has 0 N–H and O–H groups in total. The lowest BCUT2D eigenvalue weighted by Gasteiger charge is -2.47. The smallest absolute Gasteiger partial charge is 0.333 e. The van der Waals surface area contributed by atoms with Crippen molar-refractivity contribution in [3.63, 3.8) is 0 Å². The Kier molecular flexibility index (Phi) is 4.40. The Labute approximate surface area is 105 Å². The quantitative estimate of drug-likeness (QED) is 0.546. The van der Waals surface area contributed by atoms with Gasteiger partial charge in [0.05, 0.1) is 6.61 Å². The summed E-state index contributed by atoms with van der Waals surface area (Å²) in [5.41, 5.74) is 0.823. The predicted molar refractivity (Wildman–Crippen MR) is 70.7 cm³/mol. The fourth-order valence-corrected chi connectivity index (χ4v) is 2.67. The van der Waals surface area contributed by atoms with E-state index in [4.69, 9.17) is 4.74 Å². The molecule has 0 aromatic heterocycles. The highest BCUT2D eigenvalue weighted by molar-refractivity contribution is 5.86. The average molecular weight is 238 g/mol. The van der Waals surface area contributed by atoms with E-state index < -0.39 is 0 Å². The number of hydrogen-bond acceptors (Lipinski definition) is 2. The van der Waals surface area contributed by atoms with E-state index in [9.17, 15) is 4.79 Å². The Morgan fingerprint density at radius 1 is 1.24 bits per heavy atom. The molecular weight excluding hydrogens is 212 g/mol. The molecule has 0 aliphatic heterocycles. The lowest BCUT2D eigenvalue weighted by Crippen LogP contribution is -2.42. The molecule has 17 heavy (non-hydrogen) atoms. The van der Waals surface area contributed by atoms with Gasteiger partial charge in [-0.25, -0.2) is 4.79 Å². The molecule has 0 aromatic carbocycles. The average Bonchev–Trinajstić information content (AvgIpc) is 2.25. The SMILES string of the molecule is C=C(C)C(=O)OCC1(C(C)(C)C)CCCCC1. The van der Waals surface area contributed by atoms with Crippen molar-refractivity contribution in [3.8, 4) is 0 Å². The van der Waals surface area contributed by atoms with Crippen LogP contribution in [0.25, 0.3) is 0 Å². The van der Waals surface area contributed by atoms with E-state index in [-0.39, 0.29) is 16.8 Å². The van der Waals surface area contributed by atoms with E-state index in [0.717, 1.165) is 0 Å². The van der Waals surface area contributed by atoms with Crippen LogP contribution in [0.5, 0.6) is 0 Å². The Morgan fingerprint density at radius 2 is 1.76 bits per heavy atom. The van der Waals surface area contributed by atoms with E-state index in [1.54, 1.807) is 6.92 Å². The molecule has 1 rings (SSSR count). The van der Waals surface area contributed by atoms with Gasteiger partial charge in [0.25, 0.3) is 0 Å². The Morgan fingerprint density at radius 3 is 2.18 bits per heavy atom. The Hall–Kier alpha value is -0.790. The second kappa shape index (κ2) is 5.24. The van der Waals surface area contributed by atoms with Gasteiger partial charge in [0.2, 0.25) is 0 Å². The van der Waals surface area contributed by atoms with Crippen LogP contribution in [-0.4, -0.2) is 12.6 Å². The first kappa shape index (κ1) is 14.3. The van der Waals surface area contributed by atoms with Crippen LogP contribution in [0.2, 0.25) is 0 Å². The summed E-state index contributed by atoms with van der Waals surface area (Å²) >= 11 is 0. The summed E-state index contributed by atoms with van der Waals surface area (Å²) in [6, 6.07) is 0. The van der Waals surface area contributed by atoms with Gasteiger partial charge in [-0.1, -0.05) is 46.6 Å². The highest BCUT2D eigenvalue weighted by atomic mass is 16.5. The van der Waals surface area contributed by atoms with E-state index in [1.807, 2.05) is 0 Å². The van der Waals surface area contributed by atoms with Crippen LogP contribution in [0.4, 0.5) is 0 Å². The fraction of sp³-hybridized carbons (Fsp3) is 0.800. The van der Waals surface area contributed by atoms with Gasteiger partial charge in [-0.2, -0.15) is 0 Å². The molecule has 1 aliphatic rings. The molecule has 1 saturated carbocycles. The van der Waals surface area contributed by atoms with Crippen LogP contribution < -0.4 is 0 Å². The third kappa shape index (κ3) is 3.34. The normalized spacial score (nSPS) is 19.8. The molecule has 0 radical (unpaired) electrons. The van der Waals surface area contributed by atoms with Crippen molar-refractivity contribution in [1.82, 2.24) is 0 Å². The first-order chi connectivity index (χ1) is 7.78. The molecule has 2 nitrogen and oxygen atoms in total. The summed E-state index contributed by atoms with van der Waals surface area (Å²) in [5, 5.41) is 0. The molecule has 1 aliphatic carbocycles. The monoisotopic (exact) mass is 238 g/mol. The van der Waals surface area contributed by atoms with Crippen LogP contribution >= 0.6 is 0 Å². The topological polar surface area (TPSA) is 26.3 Å². The molecule has 1 fully saturated rings. The lowest BCUT2D eigenvalue weighted by atomic mass is 9.60. The predicted octanol–water partition coefficient (Wildman–Crippen LogP) is 4.10. The minimum atomic E-state index is -0.251. The van der Waals surface area contributed by atoms with Crippen LogP contribution in [-0.2, 0) is 9.53 Å². The van der Waals surface area contributed by atoms with E-state index >= 15 is 0 Å². The van der Waals surface area contributed by atoms with Crippen LogP contribution in [0.15, 0.2) is 12.2 Å². The van der Waals surface area contributed by atoms with Crippen molar-refractivity contribution in [2.75, 3.05) is 6.61 Å². The summed E-state index contributed by atoms with van der Waals surface area (Å²) in [4.78, 5) is 11.5. The minimum absolute atomic E-state index is 0.149. The van der Waals surface area contributed by atoms with Crippen molar-refractivity contribution >= 4 is 5.97 Å². The van der Waals surface area contributed by atoms with Crippen molar-refractivity contribution in [1.29, 1.82) is 0 Å². The Bertz CT molecular complexity index is 291. The largest absolute Gasteiger partial charge is 0.462 e. The highest BCUT2D eigenvalue weighted by Gasteiger charge is 2.43. The van der Waals surface area contributed by atoms with Gasteiger partial charge in [-0.3, -0.25) is 0 Å². The molecule has 0 bridgehead atoms. The van der Waals surface area contributed by atoms with Crippen molar-refractivity contribution < 1.29 is 9.53 Å². The molecule has 0 amide bonds. The molecule has 0 saturated heterocycles. The van der Waals surface area contributed by atoms with Crippen molar-refractivity contribution in [2.24, 2.45) is 10.8 Å². The molecule has 2 heteroatoms. The van der Waals surface area contributed by atoms with Crippen molar-refractivity contribution in [3.05, 3.63) is 12.2 Å². The lowest BCUT2D eigenvalue weighted by molar-refractivity contribution is -0.147. The summed E-state index contributed by atoms with van der Waals surface area (Å²) in [6.45, 7) is 12.6. The number of rotatable bonds is 3. The number of hydrogen-bond donors (Lipinski definition) is 0. The number of ether oxygens (including phenoxy) is 1. The van der Waals surface area contributed by atoms with Gasteiger partial charge in [0, 0.05) is 11.0 Å². The third-order valence-corrected chi connectivity index (χ3v) is 4.23. The zero-order chi connectivity index (χ0) is 13.1.